The van der Waals surface area contributed by atoms with E-state index < -0.39 is 29.9 Å². The van der Waals surface area contributed by atoms with E-state index in [1.807, 2.05) is 24.3 Å². The van der Waals surface area contributed by atoms with Crippen LogP contribution in [0.4, 0.5) is 10.5 Å². The number of ether oxygens (including phenoxy) is 1. The lowest BCUT2D eigenvalue weighted by Crippen LogP contribution is -2.47. The minimum atomic E-state index is -1.15. The molecular weight excluding hydrogens is 386 g/mol. The SMILES string of the molecule is CC[C@@H](C)c1ccccc1N1C[C@H](C(=O)O[C@@H](C)C(=O)NC(=O)NC(C)C)CC1=O. The van der Waals surface area contributed by atoms with Crippen LogP contribution in [0.3, 0.4) is 0 Å². The zero-order valence-electron chi connectivity index (χ0n) is 18.2. The number of esters is 1. The van der Waals surface area contributed by atoms with Gasteiger partial charge in [-0.2, -0.15) is 0 Å². The molecule has 1 aromatic carbocycles. The smallest absolute Gasteiger partial charge is 0.321 e. The van der Waals surface area contributed by atoms with Crippen LogP contribution in [0.25, 0.3) is 0 Å². The molecule has 0 aromatic heterocycles. The molecule has 164 valence electrons. The van der Waals surface area contributed by atoms with E-state index in [0.29, 0.717) is 0 Å². The van der Waals surface area contributed by atoms with Gasteiger partial charge in [-0.25, -0.2) is 4.79 Å². The van der Waals surface area contributed by atoms with E-state index in [4.69, 9.17) is 4.74 Å². The van der Waals surface area contributed by atoms with Gasteiger partial charge in [0.15, 0.2) is 6.10 Å². The normalized spacial score (nSPS) is 18.1. The van der Waals surface area contributed by atoms with Crippen molar-refractivity contribution < 1.29 is 23.9 Å². The van der Waals surface area contributed by atoms with Crippen LogP contribution in [0.15, 0.2) is 24.3 Å². The zero-order valence-corrected chi connectivity index (χ0v) is 18.2. The van der Waals surface area contributed by atoms with Crippen molar-refractivity contribution in [3.8, 4) is 0 Å². The third-order valence-electron chi connectivity index (χ3n) is 5.15. The maximum absolute atomic E-state index is 12.6. The topological polar surface area (TPSA) is 105 Å². The summed E-state index contributed by atoms with van der Waals surface area (Å²) in [5, 5.41) is 4.66. The van der Waals surface area contributed by atoms with Crippen LogP contribution in [0, 0.1) is 5.92 Å². The van der Waals surface area contributed by atoms with Crippen molar-refractivity contribution in [3.63, 3.8) is 0 Å². The fourth-order valence-electron chi connectivity index (χ4n) is 3.30. The van der Waals surface area contributed by atoms with Gasteiger partial charge < -0.3 is 15.0 Å². The number of rotatable bonds is 7. The Morgan fingerprint density at radius 3 is 2.47 bits per heavy atom. The Kier molecular flexibility index (Phi) is 7.97. The number of anilines is 1. The molecule has 4 amide bonds. The third kappa shape index (κ3) is 5.81. The van der Waals surface area contributed by atoms with Crippen LogP contribution in [0.2, 0.25) is 0 Å². The third-order valence-corrected chi connectivity index (χ3v) is 5.15. The predicted octanol–water partition coefficient (Wildman–Crippen LogP) is 2.72. The molecule has 1 saturated heterocycles. The number of carbonyl (C=O) groups excluding carboxylic acids is 4. The number of hydrogen-bond donors (Lipinski definition) is 2. The van der Waals surface area contributed by atoms with E-state index in [9.17, 15) is 19.2 Å². The molecule has 0 bridgehead atoms. The van der Waals surface area contributed by atoms with E-state index in [1.54, 1.807) is 18.7 Å². The fourth-order valence-corrected chi connectivity index (χ4v) is 3.30. The van der Waals surface area contributed by atoms with Crippen molar-refractivity contribution in [1.82, 2.24) is 10.6 Å². The number of urea groups is 1. The maximum atomic E-state index is 12.6. The van der Waals surface area contributed by atoms with Gasteiger partial charge in [0.25, 0.3) is 5.91 Å². The molecule has 8 heteroatoms. The van der Waals surface area contributed by atoms with Crippen LogP contribution in [-0.4, -0.2) is 42.5 Å². The molecule has 1 heterocycles. The van der Waals surface area contributed by atoms with Crippen molar-refractivity contribution in [2.45, 2.75) is 65.5 Å². The Morgan fingerprint density at radius 1 is 1.17 bits per heavy atom. The highest BCUT2D eigenvalue weighted by molar-refractivity contribution is 6.01. The average molecular weight is 418 g/mol. The summed E-state index contributed by atoms with van der Waals surface area (Å²) >= 11 is 0. The van der Waals surface area contributed by atoms with Crippen molar-refractivity contribution in [3.05, 3.63) is 29.8 Å². The van der Waals surface area contributed by atoms with Gasteiger partial charge in [0.05, 0.1) is 5.92 Å². The first-order valence-electron chi connectivity index (χ1n) is 10.3. The van der Waals surface area contributed by atoms with Crippen LogP contribution < -0.4 is 15.5 Å². The molecule has 0 saturated carbocycles. The molecule has 0 radical (unpaired) electrons. The average Bonchev–Trinajstić information content (AvgIpc) is 3.08. The van der Waals surface area contributed by atoms with Crippen molar-refractivity contribution in [2.75, 3.05) is 11.4 Å². The first-order chi connectivity index (χ1) is 14.1. The first kappa shape index (κ1) is 23.4. The summed E-state index contributed by atoms with van der Waals surface area (Å²) in [7, 11) is 0. The predicted molar refractivity (Wildman–Crippen MR) is 113 cm³/mol. The van der Waals surface area contributed by atoms with Gasteiger partial charge in [0, 0.05) is 24.7 Å². The number of benzene rings is 1. The highest BCUT2D eigenvalue weighted by Gasteiger charge is 2.38. The monoisotopic (exact) mass is 417 g/mol. The standard InChI is InChI=1S/C22H31N3O5/c1-6-14(4)17-9-7-8-10-18(17)25-12-16(11-19(25)26)21(28)30-15(5)20(27)24-22(29)23-13(2)3/h7-10,13-16H,6,11-12H2,1-5H3,(H2,23,24,27,29)/t14-,15+,16-/m1/s1. The van der Waals surface area contributed by atoms with Gasteiger partial charge in [0.2, 0.25) is 5.91 Å². The Hall–Kier alpha value is -2.90. The summed E-state index contributed by atoms with van der Waals surface area (Å²) in [6.07, 6.45) is -0.191. The number of nitrogens with one attached hydrogen (secondary N) is 2. The van der Waals surface area contributed by atoms with E-state index in [2.05, 4.69) is 24.5 Å². The molecule has 1 aliphatic heterocycles. The number of carbonyl (C=O) groups is 4. The van der Waals surface area contributed by atoms with E-state index in [1.165, 1.54) is 6.92 Å². The van der Waals surface area contributed by atoms with Crippen LogP contribution >= 0.6 is 0 Å². The lowest BCUT2D eigenvalue weighted by atomic mass is 9.96. The minimum Gasteiger partial charge on any atom is -0.452 e. The molecule has 2 N–H and O–H groups in total. The summed E-state index contributed by atoms with van der Waals surface area (Å²) in [5.74, 6) is -1.88. The molecule has 1 aromatic rings. The second-order valence-corrected chi connectivity index (χ2v) is 7.97. The summed E-state index contributed by atoms with van der Waals surface area (Å²) in [6, 6.07) is 6.90. The fraction of sp³-hybridized carbons (Fsp3) is 0.545. The molecule has 0 aliphatic carbocycles. The molecular formula is C22H31N3O5. The van der Waals surface area contributed by atoms with Gasteiger partial charge in [-0.05, 0) is 44.7 Å². The van der Waals surface area contributed by atoms with Gasteiger partial charge in [0.1, 0.15) is 0 Å². The van der Waals surface area contributed by atoms with Crippen molar-refractivity contribution in [2.24, 2.45) is 5.92 Å². The number of hydrogen-bond acceptors (Lipinski definition) is 5. The van der Waals surface area contributed by atoms with E-state index in [0.717, 1.165) is 17.7 Å². The Bertz CT molecular complexity index is 808. The van der Waals surface area contributed by atoms with E-state index in [-0.39, 0.29) is 30.8 Å². The molecule has 8 nitrogen and oxygen atoms in total. The highest BCUT2D eigenvalue weighted by Crippen LogP contribution is 2.33. The van der Waals surface area contributed by atoms with Crippen LogP contribution in [0.5, 0.6) is 0 Å². The first-order valence-corrected chi connectivity index (χ1v) is 10.3. The molecule has 3 atom stereocenters. The van der Waals surface area contributed by atoms with Crippen molar-refractivity contribution >= 4 is 29.5 Å². The lowest BCUT2D eigenvalue weighted by molar-refractivity contribution is -0.158. The lowest BCUT2D eigenvalue weighted by Gasteiger charge is -2.23. The second kappa shape index (κ2) is 10.2. The second-order valence-electron chi connectivity index (χ2n) is 7.97. The summed E-state index contributed by atoms with van der Waals surface area (Å²) in [6.45, 7) is 9.30. The summed E-state index contributed by atoms with van der Waals surface area (Å²) in [4.78, 5) is 50.5. The molecule has 0 spiro atoms. The summed E-state index contributed by atoms with van der Waals surface area (Å²) < 4.78 is 5.22. The Balaban J connectivity index is 2.00. The molecule has 1 fully saturated rings. The Labute approximate surface area is 177 Å². The van der Waals surface area contributed by atoms with Crippen LogP contribution in [0.1, 0.15) is 58.9 Å². The van der Waals surface area contributed by atoms with Crippen LogP contribution in [-0.2, 0) is 19.1 Å². The largest absolute Gasteiger partial charge is 0.452 e. The zero-order chi connectivity index (χ0) is 22.4. The molecule has 1 aliphatic rings. The van der Waals surface area contributed by atoms with E-state index >= 15 is 0 Å². The number of amides is 4. The molecule has 30 heavy (non-hydrogen) atoms. The Morgan fingerprint density at radius 2 is 1.83 bits per heavy atom. The quantitative estimate of drug-likeness (QED) is 0.664. The molecule has 0 unspecified atom stereocenters. The van der Waals surface area contributed by atoms with Gasteiger partial charge >= 0.3 is 12.0 Å². The highest BCUT2D eigenvalue weighted by atomic mass is 16.5. The van der Waals surface area contributed by atoms with Gasteiger partial charge in [-0.15, -0.1) is 0 Å². The number of imide groups is 1. The molecule has 2 rings (SSSR count). The van der Waals surface area contributed by atoms with Gasteiger partial charge in [-0.1, -0.05) is 32.0 Å². The maximum Gasteiger partial charge on any atom is 0.321 e. The number of nitrogens with zero attached hydrogens (tertiary/aromatic N) is 1. The number of para-hydroxylation sites is 1. The summed E-state index contributed by atoms with van der Waals surface area (Å²) in [5.41, 5.74) is 1.87. The minimum absolute atomic E-state index is 0.0237. The van der Waals surface area contributed by atoms with Crippen molar-refractivity contribution in [1.29, 1.82) is 0 Å². The van der Waals surface area contributed by atoms with Gasteiger partial charge in [-0.3, -0.25) is 19.7 Å².